The molecule has 0 unspecified atom stereocenters. The van der Waals surface area contributed by atoms with Crippen LogP contribution in [0.3, 0.4) is 0 Å². The topological polar surface area (TPSA) is 44.3 Å². The van der Waals surface area contributed by atoms with Gasteiger partial charge >= 0.3 is 0 Å². The maximum atomic E-state index is 9.96. The summed E-state index contributed by atoms with van der Waals surface area (Å²) in [4.78, 5) is 0. The number of aryl methyl sites for hydroxylation is 1. The summed E-state index contributed by atoms with van der Waals surface area (Å²) in [6.07, 6.45) is 0. The van der Waals surface area contributed by atoms with E-state index in [9.17, 15) is 10.2 Å². The summed E-state index contributed by atoms with van der Waals surface area (Å²) in [5.41, 5.74) is 3.12. The molecule has 0 fully saturated rings. The molecule has 2 N–H and O–H groups in total. The van der Waals surface area contributed by atoms with Crippen LogP contribution in [0, 0.1) is 0 Å². The third-order valence-electron chi connectivity index (χ3n) is 4.29. The number of phenolic OH excluding ortho intramolecular Hbond substituents is 2. The van der Waals surface area contributed by atoms with Crippen LogP contribution in [0.2, 0.25) is 0 Å². The molecule has 0 saturated heterocycles. The number of hydrogen-bond acceptors (Lipinski definition) is 2. The lowest BCUT2D eigenvalue weighted by atomic mass is 9.99. The van der Waals surface area contributed by atoms with Gasteiger partial charge in [-0.2, -0.15) is 4.57 Å². The second kappa shape index (κ2) is 6.02. The zero-order chi connectivity index (χ0) is 16.0. The fourth-order valence-corrected chi connectivity index (χ4v) is 3.23. The minimum Gasteiger partial charge on any atom is -1.00 e. The predicted octanol–water partition coefficient (Wildman–Crippen LogP) is 0.900. The standard InChI is InChI=1S/C20H15NO2.ClH/c1-21-19-5-3-2-4-17(19)16-11-10-15(23)12-18(16)20(21)13-6-8-14(22)9-7-13;/h2-12,23H,1H3;1H. The average molecular weight is 338 g/mol. The Kier molecular flexibility index (Phi) is 4.04. The third kappa shape index (κ3) is 2.43. The number of aromatic hydroxyl groups is 2. The number of hydrogen-bond donors (Lipinski definition) is 2. The molecule has 0 aliphatic carbocycles. The lowest BCUT2D eigenvalue weighted by Crippen LogP contribution is -3.00. The van der Waals surface area contributed by atoms with E-state index < -0.39 is 0 Å². The van der Waals surface area contributed by atoms with E-state index in [0.29, 0.717) is 0 Å². The maximum absolute atomic E-state index is 9.96. The van der Waals surface area contributed by atoms with Gasteiger partial charge in [0, 0.05) is 17.0 Å². The molecule has 0 amide bonds. The van der Waals surface area contributed by atoms with Crippen molar-refractivity contribution >= 4 is 21.7 Å². The molecule has 0 radical (unpaired) electrons. The Balaban J connectivity index is 0.00000169. The molecule has 0 aliphatic rings. The van der Waals surface area contributed by atoms with E-state index in [-0.39, 0.29) is 23.9 Å². The van der Waals surface area contributed by atoms with Crippen LogP contribution in [-0.2, 0) is 7.05 Å². The molecule has 24 heavy (non-hydrogen) atoms. The van der Waals surface area contributed by atoms with Crippen LogP contribution in [-0.4, -0.2) is 10.2 Å². The second-order valence-corrected chi connectivity index (χ2v) is 5.70. The van der Waals surface area contributed by atoms with Crippen LogP contribution in [0.1, 0.15) is 0 Å². The highest BCUT2D eigenvalue weighted by Crippen LogP contribution is 2.33. The summed E-state index contributed by atoms with van der Waals surface area (Å²) in [6.45, 7) is 0. The van der Waals surface area contributed by atoms with Gasteiger partial charge in [-0.1, -0.05) is 12.1 Å². The van der Waals surface area contributed by atoms with Gasteiger partial charge in [-0.3, -0.25) is 0 Å². The molecule has 0 saturated carbocycles. The number of pyridine rings is 1. The first-order chi connectivity index (χ1) is 11.1. The number of para-hydroxylation sites is 1. The fraction of sp³-hybridized carbons (Fsp3) is 0.0500. The summed E-state index contributed by atoms with van der Waals surface area (Å²) in [6, 6.07) is 20.8. The van der Waals surface area contributed by atoms with Crippen LogP contribution in [0.5, 0.6) is 11.5 Å². The van der Waals surface area contributed by atoms with Gasteiger partial charge in [0.05, 0.1) is 10.8 Å². The Labute approximate surface area is 145 Å². The molecule has 3 nitrogen and oxygen atoms in total. The number of phenols is 2. The molecule has 0 atom stereocenters. The van der Waals surface area contributed by atoms with E-state index in [1.807, 2.05) is 37.4 Å². The smallest absolute Gasteiger partial charge is 0.220 e. The minimum atomic E-state index is 0. The van der Waals surface area contributed by atoms with Crippen LogP contribution in [0.4, 0.5) is 0 Å². The van der Waals surface area contributed by atoms with Crippen molar-refractivity contribution in [3.8, 4) is 22.8 Å². The third-order valence-corrected chi connectivity index (χ3v) is 4.29. The zero-order valence-electron chi connectivity index (χ0n) is 13.1. The highest BCUT2D eigenvalue weighted by Gasteiger charge is 2.20. The first-order valence-corrected chi connectivity index (χ1v) is 7.48. The Morgan fingerprint density at radius 1 is 0.708 bits per heavy atom. The largest absolute Gasteiger partial charge is 1.00 e. The molecule has 0 spiro atoms. The molecule has 4 rings (SSSR count). The zero-order valence-corrected chi connectivity index (χ0v) is 13.8. The highest BCUT2D eigenvalue weighted by atomic mass is 35.5. The molecule has 1 aromatic heterocycles. The molecule has 0 aliphatic heterocycles. The van der Waals surface area contributed by atoms with Gasteiger partial charge in [0.2, 0.25) is 11.2 Å². The van der Waals surface area contributed by atoms with Crippen LogP contribution in [0.15, 0.2) is 66.7 Å². The Hall–Kier alpha value is -2.78. The van der Waals surface area contributed by atoms with Crippen molar-refractivity contribution in [1.82, 2.24) is 0 Å². The molecular formula is C20H16ClNO2. The molecule has 4 heteroatoms. The van der Waals surface area contributed by atoms with E-state index in [4.69, 9.17) is 0 Å². The van der Waals surface area contributed by atoms with Gasteiger partial charge in [0.15, 0.2) is 0 Å². The quantitative estimate of drug-likeness (QED) is 0.400. The van der Waals surface area contributed by atoms with Crippen molar-refractivity contribution in [1.29, 1.82) is 0 Å². The number of aromatic nitrogens is 1. The average Bonchev–Trinajstić information content (AvgIpc) is 2.56. The van der Waals surface area contributed by atoms with E-state index in [2.05, 4.69) is 16.7 Å². The van der Waals surface area contributed by atoms with Gasteiger partial charge in [0.25, 0.3) is 0 Å². The van der Waals surface area contributed by atoms with Gasteiger partial charge in [-0.25, -0.2) is 0 Å². The molecular weight excluding hydrogens is 322 g/mol. The summed E-state index contributed by atoms with van der Waals surface area (Å²) in [5, 5.41) is 22.7. The van der Waals surface area contributed by atoms with Crippen molar-refractivity contribution in [2.45, 2.75) is 0 Å². The highest BCUT2D eigenvalue weighted by molar-refractivity contribution is 6.09. The normalized spacial score (nSPS) is 10.7. The summed E-state index contributed by atoms with van der Waals surface area (Å²) >= 11 is 0. The van der Waals surface area contributed by atoms with Crippen LogP contribution < -0.4 is 17.0 Å². The predicted molar refractivity (Wildman–Crippen MR) is 91.4 cm³/mol. The molecule has 3 aromatic carbocycles. The van der Waals surface area contributed by atoms with Gasteiger partial charge in [0.1, 0.15) is 18.5 Å². The summed E-state index contributed by atoms with van der Waals surface area (Å²) in [5.74, 6) is 0.483. The van der Waals surface area contributed by atoms with Crippen LogP contribution in [0.25, 0.3) is 32.9 Å². The van der Waals surface area contributed by atoms with Crippen molar-refractivity contribution in [3.63, 3.8) is 0 Å². The lowest BCUT2D eigenvalue weighted by Gasteiger charge is -2.10. The molecule has 1 heterocycles. The van der Waals surface area contributed by atoms with Gasteiger partial charge < -0.3 is 22.6 Å². The van der Waals surface area contributed by atoms with Crippen molar-refractivity contribution in [2.75, 3.05) is 0 Å². The van der Waals surface area contributed by atoms with Gasteiger partial charge in [-0.05, 0) is 48.5 Å². The van der Waals surface area contributed by atoms with Crippen LogP contribution >= 0.6 is 0 Å². The van der Waals surface area contributed by atoms with E-state index >= 15 is 0 Å². The van der Waals surface area contributed by atoms with Crippen molar-refractivity contribution in [2.24, 2.45) is 7.05 Å². The van der Waals surface area contributed by atoms with E-state index in [1.165, 1.54) is 0 Å². The molecule has 120 valence electrons. The second-order valence-electron chi connectivity index (χ2n) is 5.70. The number of fused-ring (bicyclic) bond motifs is 3. The lowest BCUT2D eigenvalue weighted by molar-refractivity contribution is -0.632. The SMILES string of the molecule is C[n+]1c(-c2ccc(O)cc2)c2cc(O)ccc2c2ccccc21.[Cl-]. The van der Waals surface area contributed by atoms with E-state index in [1.54, 1.807) is 24.3 Å². The number of nitrogens with zero attached hydrogens (tertiary/aromatic N) is 1. The first kappa shape index (κ1) is 16.1. The summed E-state index contributed by atoms with van der Waals surface area (Å²) in [7, 11) is 2.02. The minimum absolute atomic E-state index is 0. The fourth-order valence-electron chi connectivity index (χ4n) is 3.23. The molecule has 4 aromatic rings. The monoisotopic (exact) mass is 337 g/mol. The van der Waals surface area contributed by atoms with Gasteiger partial charge in [-0.15, -0.1) is 0 Å². The summed E-state index contributed by atoms with van der Waals surface area (Å²) < 4.78 is 2.13. The van der Waals surface area contributed by atoms with Crippen molar-refractivity contribution < 1.29 is 27.2 Å². The Bertz CT molecular complexity index is 1040. The van der Waals surface area contributed by atoms with E-state index in [0.717, 1.165) is 32.9 Å². The maximum Gasteiger partial charge on any atom is 0.220 e. The number of halogens is 1. The number of rotatable bonds is 1. The Morgan fingerprint density at radius 2 is 1.38 bits per heavy atom. The first-order valence-electron chi connectivity index (χ1n) is 7.48. The molecule has 0 bridgehead atoms. The van der Waals surface area contributed by atoms with Crippen molar-refractivity contribution in [3.05, 3.63) is 66.7 Å². The Morgan fingerprint density at radius 3 is 2.12 bits per heavy atom. The number of benzene rings is 3.